The van der Waals surface area contributed by atoms with Gasteiger partial charge in [0.05, 0.1) is 0 Å². The molecule has 1 aromatic carbocycles. The molecule has 4 heteroatoms. The molecule has 0 saturated carbocycles. The molecule has 0 aliphatic carbocycles. The van der Waals surface area contributed by atoms with E-state index in [9.17, 15) is 4.79 Å². The average Bonchev–Trinajstić information content (AvgIpc) is 2.84. The first-order valence-electron chi connectivity index (χ1n) is 6.59. The summed E-state index contributed by atoms with van der Waals surface area (Å²) in [6.45, 7) is 4.90. The summed E-state index contributed by atoms with van der Waals surface area (Å²) in [5.41, 5.74) is 2.28. The van der Waals surface area contributed by atoms with Gasteiger partial charge in [0.1, 0.15) is 5.58 Å². The van der Waals surface area contributed by atoms with Crippen LogP contribution in [0.1, 0.15) is 24.0 Å². The monoisotopic (exact) mass is 277 g/mol. The maximum Gasteiger partial charge on any atom is 0.336 e. The molecule has 100 valence electrons. The molecule has 1 aromatic heterocycles. The Labute approximate surface area is 116 Å². The van der Waals surface area contributed by atoms with Gasteiger partial charge in [-0.2, -0.15) is 0 Å². The molecule has 3 rings (SSSR count). The summed E-state index contributed by atoms with van der Waals surface area (Å²) < 4.78 is 5.27. The molecule has 19 heavy (non-hydrogen) atoms. The summed E-state index contributed by atoms with van der Waals surface area (Å²) in [7, 11) is 0. The van der Waals surface area contributed by atoms with E-state index in [4.69, 9.17) is 16.0 Å². The van der Waals surface area contributed by atoms with Crippen LogP contribution in [0.25, 0.3) is 11.0 Å². The second-order valence-electron chi connectivity index (χ2n) is 5.17. The highest BCUT2D eigenvalue weighted by Crippen LogP contribution is 2.26. The van der Waals surface area contributed by atoms with Gasteiger partial charge in [-0.05, 0) is 56.1 Å². The molecule has 0 atom stereocenters. The zero-order chi connectivity index (χ0) is 13.4. The first-order chi connectivity index (χ1) is 9.13. The smallest absolute Gasteiger partial charge is 0.336 e. The Morgan fingerprint density at radius 2 is 2.00 bits per heavy atom. The van der Waals surface area contributed by atoms with Gasteiger partial charge < -0.3 is 4.42 Å². The molecule has 2 heterocycles. The van der Waals surface area contributed by atoms with Crippen LogP contribution in [0, 0.1) is 6.92 Å². The van der Waals surface area contributed by atoms with E-state index in [1.165, 1.54) is 12.8 Å². The summed E-state index contributed by atoms with van der Waals surface area (Å²) in [6.07, 6.45) is 2.47. The molecular weight excluding hydrogens is 262 g/mol. The normalized spacial score (nSPS) is 16.3. The quantitative estimate of drug-likeness (QED) is 0.790. The average molecular weight is 278 g/mol. The van der Waals surface area contributed by atoms with Crippen LogP contribution in [-0.2, 0) is 6.54 Å². The largest absolute Gasteiger partial charge is 0.423 e. The Kier molecular flexibility index (Phi) is 3.33. The van der Waals surface area contributed by atoms with Crippen molar-refractivity contribution in [1.82, 2.24) is 4.90 Å². The molecule has 0 unspecified atom stereocenters. The molecule has 1 saturated heterocycles. The Morgan fingerprint density at radius 1 is 1.26 bits per heavy atom. The molecule has 2 aromatic rings. The molecule has 0 radical (unpaired) electrons. The Morgan fingerprint density at radius 3 is 2.74 bits per heavy atom. The third-order valence-electron chi connectivity index (χ3n) is 3.70. The van der Waals surface area contributed by atoms with Crippen molar-refractivity contribution in [2.45, 2.75) is 26.3 Å². The van der Waals surface area contributed by atoms with Crippen molar-refractivity contribution in [2.75, 3.05) is 13.1 Å². The highest BCUT2D eigenvalue weighted by Gasteiger charge is 2.15. The zero-order valence-corrected chi connectivity index (χ0v) is 11.7. The van der Waals surface area contributed by atoms with E-state index < -0.39 is 0 Å². The molecule has 1 fully saturated rings. The van der Waals surface area contributed by atoms with Crippen molar-refractivity contribution >= 4 is 22.6 Å². The van der Waals surface area contributed by atoms with Crippen molar-refractivity contribution in [3.63, 3.8) is 0 Å². The Hall–Kier alpha value is -1.32. The predicted molar refractivity (Wildman–Crippen MR) is 76.7 cm³/mol. The maximum atomic E-state index is 11.7. The number of halogens is 1. The van der Waals surface area contributed by atoms with Crippen molar-refractivity contribution in [3.8, 4) is 0 Å². The van der Waals surface area contributed by atoms with Gasteiger partial charge in [-0.25, -0.2) is 4.79 Å². The highest BCUT2D eigenvalue weighted by atomic mass is 35.5. The van der Waals surface area contributed by atoms with Gasteiger partial charge in [0.15, 0.2) is 0 Å². The van der Waals surface area contributed by atoms with E-state index >= 15 is 0 Å². The van der Waals surface area contributed by atoms with Gasteiger partial charge >= 0.3 is 5.63 Å². The number of hydrogen-bond donors (Lipinski definition) is 0. The van der Waals surface area contributed by atoms with Crippen LogP contribution in [0.5, 0.6) is 0 Å². The molecule has 1 aliphatic heterocycles. The number of benzene rings is 1. The van der Waals surface area contributed by atoms with Crippen molar-refractivity contribution in [3.05, 3.63) is 44.8 Å². The molecule has 0 amide bonds. The summed E-state index contributed by atoms with van der Waals surface area (Å²) in [6, 6.07) is 5.33. The van der Waals surface area contributed by atoms with E-state index in [1.54, 1.807) is 6.07 Å². The second kappa shape index (κ2) is 4.99. The number of aryl methyl sites for hydroxylation is 1. The fourth-order valence-electron chi connectivity index (χ4n) is 2.66. The minimum Gasteiger partial charge on any atom is -0.423 e. The van der Waals surface area contributed by atoms with Gasteiger partial charge in [-0.15, -0.1) is 0 Å². The summed E-state index contributed by atoms with van der Waals surface area (Å²) in [4.78, 5) is 14.0. The molecule has 1 aliphatic rings. The lowest BCUT2D eigenvalue weighted by atomic mass is 10.1. The van der Waals surface area contributed by atoms with Crippen LogP contribution in [0.4, 0.5) is 0 Å². The predicted octanol–water partition coefficient (Wildman–Crippen LogP) is 3.35. The van der Waals surface area contributed by atoms with E-state index in [1.807, 2.05) is 19.1 Å². The van der Waals surface area contributed by atoms with Gasteiger partial charge in [-0.3, -0.25) is 4.90 Å². The third kappa shape index (κ3) is 2.53. The first-order valence-corrected chi connectivity index (χ1v) is 6.96. The molecule has 0 N–H and O–H groups in total. The summed E-state index contributed by atoms with van der Waals surface area (Å²) >= 11 is 6.18. The molecule has 0 bridgehead atoms. The lowest BCUT2D eigenvalue weighted by Crippen LogP contribution is -2.19. The van der Waals surface area contributed by atoms with E-state index in [-0.39, 0.29) is 5.63 Å². The van der Waals surface area contributed by atoms with Gasteiger partial charge in [0, 0.05) is 23.0 Å². The molecule has 3 nitrogen and oxygen atoms in total. The zero-order valence-electron chi connectivity index (χ0n) is 10.9. The first kappa shape index (κ1) is 12.7. The second-order valence-corrected chi connectivity index (χ2v) is 5.58. The minimum atomic E-state index is -0.289. The fourth-order valence-corrected chi connectivity index (χ4v) is 2.82. The van der Waals surface area contributed by atoms with E-state index in [2.05, 4.69) is 4.90 Å². The third-order valence-corrected chi connectivity index (χ3v) is 4.11. The maximum absolute atomic E-state index is 11.7. The Bertz CT molecular complexity index is 672. The molecular formula is C15H16ClNO2. The fraction of sp³-hybridized carbons (Fsp3) is 0.400. The number of hydrogen-bond acceptors (Lipinski definition) is 3. The summed E-state index contributed by atoms with van der Waals surface area (Å²) in [5, 5.41) is 1.66. The lowest BCUT2D eigenvalue weighted by Gasteiger charge is -2.15. The Balaban J connectivity index is 2.11. The van der Waals surface area contributed by atoms with Crippen LogP contribution >= 0.6 is 11.6 Å². The number of fused-ring (bicyclic) bond motifs is 1. The minimum absolute atomic E-state index is 0.289. The van der Waals surface area contributed by atoms with E-state index in [0.29, 0.717) is 10.6 Å². The van der Waals surface area contributed by atoms with E-state index in [0.717, 1.165) is 36.1 Å². The van der Waals surface area contributed by atoms with Gasteiger partial charge in [-0.1, -0.05) is 11.6 Å². The van der Waals surface area contributed by atoms with Crippen LogP contribution in [-0.4, -0.2) is 18.0 Å². The van der Waals surface area contributed by atoms with Crippen molar-refractivity contribution in [2.24, 2.45) is 0 Å². The van der Waals surface area contributed by atoms with Gasteiger partial charge in [0.25, 0.3) is 0 Å². The van der Waals surface area contributed by atoms with Crippen LogP contribution in [0.2, 0.25) is 5.02 Å². The number of likely N-dealkylation sites (tertiary alicyclic amines) is 1. The van der Waals surface area contributed by atoms with Crippen molar-refractivity contribution < 1.29 is 4.42 Å². The highest BCUT2D eigenvalue weighted by molar-refractivity contribution is 6.32. The van der Waals surface area contributed by atoms with Crippen LogP contribution in [0.15, 0.2) is 27.4 Å². The SMILES string of the molecule is Cc1cc2oc(=O)cc(CN3CCCC3)c2cc1Cl. The molecule has 0 spiro atoms. The number of rotatable bonds is 2. The summed E-state index contributed by atoms with van der Waals surface area (Å²) in [5.74, 6) is 0. The lowest BCUT2D eigenvalue weighted by molar-refractivity contribution is 0.331. The van der Waals surface area contributed by atoms with Gasteiger partial charge in [0.2, 0.25) is 0 Å². The van der Waals surface area contributed by atoms with Crippen LogP contribution in [0.3, 0.4) is 0 Å². The standard InChI is InChI=1S/C15H16ClNO2/c1-10-6-14-12(8-13(10)16)11(7-15(18)19-14)9-17-4-2-3-5-17/h6-8H,2-5,9H2,1H3. The van der Waals surface area contributed by atoms with Crippen LogP contribution < -0.4 is 5.63 Å². The number of nitrogens with zero attached hydrogens (tertiary/aromatic N) is 1. The van der Waals surface area contributed by atoms with Crippen molar-refractivity contribution in [1.29, 1.82) is 0 Å². The topological polar surface area (TPSA) is 33.5 Å².